The van der Waals surface area contributed by atoms with E-state index in [1.54, 1.807) is 4.42 Å². The molecule has 0 aliphatic carbocycles. The first-order chi connectivity index (χ1) is 10.1. The van der Waals surface area contributed by atoms with Gasteiger partial charge in [-0.25, -0.2) is 8.81 Å². The van der Waals surface area contributed by atoms with Gasteiger partial charge in [-0.3, -0.25) is 0 Å². The van der Waals surface area contributed by atoms with Crippen LogP contribution in [0.5, 0.6) is 0 Å². The average Bonchev–Trinajstić information content (AvgIpc) is 2.47. The van der Waals surface area contributed by atoms with Crippen molar-refractivity contribution in [3.8, 4) is 11.1 Å². The predicted octanol–water partition coefficient (Wildman–Crippen LogP) is 4.19. The Bertz CT molecular complexity index is 627. The first-order valence-electron chi connectivity index (χ1n) is 7.01. The first kappa shape index (κ1) is 14.5. The molecule has 0 fully saturated rings. The summed E-state index contributed by atoms with van der Waals surface area (Å²) in [6.07, 6.45) is 0.849. The summed E-state index contributed by atoms with van der Waals surface area (Å²) in [4.78, 5) is 0. The molecular weight excluding hydrogens is 289 g/mol. The van der Waals surface area contributed by atoms with Crippen molar-refractivity contribution in [2.45, 2.75) is 12.5 Å². The fraction of sp³-hybridized carbons (Fsp3) is 0.294. The Labute approximate surface area is 129 Å². The molecule has 3 rings (SSSR count). The van der Waals surface area contributed by atoms with Gasteiger partial charge in [0.15, 0.2) is 0 Å². The number of fused-ring (bicyclic) bond motifs is 1. The minimum atomic E-state index is -0.214. The highest BCUT2D eigenvalue weighted by Crippen LogP contribution is 2.35. The van der Waals surface area contributed by atoms with Gasteiger partial charge in [0.2, 0.25) is 0 Å². The number of halogens is 2. The van der Waals surface area contributed by atoms with Gasteiger partial charge in [-0.1, -0.05) is 30.3 Å². The minimum Gasteiger partial charge on any atom is -0.372 e. The molecule has 1 aliphatic heterocycles. The van der Waals surface area contributed by atoms with Crippen LogP contribution in [0.3, 0.4) is 0 Å². The van der Waals surface area contributed by atoms with E-state index in [1.165, 1.54) is 23.3 Å². The van der Waals surface area contributed by atoms with Crippen molar-refractivity contribution < 1.29 is 9.13 Å². The third-order valence-corrected chi connectivity index (χ3v) is 3.94. The Balaban J connectivity index is 2.02. The Morgan fingerprint density at radius 2 is 2.00 bits per heavy atom. The maximum Gasteiger partial charge on any atom is 0.123 e. The molecule has 110 valence electrons. The molecule has 4 heteroatoms. The van der Waals surface area contributed by atoms with Crippen LogP contribution in [-0.4, -0.2) is 24.6 Å². The van der Waals surface area contributed by atoms with Gasteiger partial charge in [0.1, 0.15) is 5.82 Å². The Kier molecular flexibility index (Phi) is 4.24. The fourth-order valence-corrected chi connectivity index (χ4v) is 2.98. The van der Waals surface area contributed by atoms with E-state index in [2.05, 4.69) is 12.1 Å². The highest BCUT2D eigenvalue weighted by molar-refractivity contribution is 6.13. The molecular formula is C17H17ClFNO. The predicted molar refractivity (Wildman–Crippen MR) is 82.7 cm³/mol. The number of hydrogen-bond acceptors (Lipinski definition) is 2. The summed E-state index contributed by atoms with van der Waals surface area (Å²) >= 11 is 5.96. The van der Waals surface area contributed by atoms with Gasteiger partial charge in [-0.05, 0) is 52.6 Å². The zero-order chi connectivity index (χ0) is 14.8. The van der Waals surface area contributed by atoms with Crippen molar-refractivity contribution in [2.24, 2.45) is 0 Å². The minimum absolute atomic E-state index is 0.0170. The molecule has 0 unspecified atom stereocenters. The summed E-state index contributed by atoms with van der Waals surface area (Å²) in [6, 6.07) is 12.8. The largest absolute Gasteiger partial charge is 0.372 e. The highest BCUT2D eigenvalue weighted by Gasteiger charge is 2.24. The lowest BCUT2D eigenvalue weighted by Crippen LogP contribution is -2.24. The van der Waals surface area contributed by atoms with E-state index in [9.17, 15) is 4.39 Å². The summed E-state index contributed by atoms with van der Waals surface area (Å²) in [6.45, 7) is 1.32. The smallest absolute Gasteiger partial charge is 0.123 e. The van der Waals surface area contributed by atoms with Gasteiger partial charge in [-0.2, -0.15) is 0 Å². The van der Waals surface area contributed by atoms with Crippen molar-refractivity contribution in [3.63, 3.8) is 0 Å². The molecule has 1 heterocycles. The van der Waals surface area contributed by atoms with Gasteiger partial charge < -0.3 is 4.74 Å². The molecule has 2 aromatic carbocycles. The van der Waals surface area contributed by atoms with Gasteiger partial charge in [0.05, 0.1) is 12.7 Å². The summed E-state index contributed by atoms with van der Waals surface area (Å²) in [7, 11) is 1.82. The van der Waals surface area contributed by atoms with Crippen molar-refractivity contribution in [1.29, 1.82) is 0 Å². The SMILES string of the molecule is CN(Cl)C[C@H]1OCCc2c(-c3ccc(F)cc3)cccc21. The van der Waals surface area contributed by atoms with Gasteiger partial charge in [0, 0.05) is 13.6 Å². The number of benzene rings is 2. The van der Waals surface area contributed by atoms with E-state index >= 15 is 0 Å². The molecule has 2 aromatic rings. The first-order valence-corrected chi connectivity index (χ1v) is 7.35. The second-order valence-electron chi connectivity index (χ2n) is 5.28. The molecule has 0 spiro atoms. The van der Waals surface area contributed by atoms with Crippen LogP contribution in [0.4, 0.5) is 4.39 Å². The molecule has 0 radical (unpaired) electrons. The second kappa shape index (κ2) is 6.14. The molecule has 21 heavy (non-hydrogen) atoms. The fourth-order valence-electron chi connectivity index (χ4n) is 2.86. The van der Waals surface area contributed by atoms with E-state index in [-0.39, 0.29) is 11.9 Å². The number of ether oxygens (including phenoxy) is 1. The molecule has 0 saturated carbocycles. The van der Waals surface area contributed by atoms with Gasteiger partial charge in [-0.15, -0.1) is 0 Å². The second-order valence-corrected chi connectivity index (χ2v) is 5.85. The van der Waals surface area contributed by atoms with Crippen LogP contribution in [0.15, 0.2) is 42.5 Å². The van der Waals surface area contributed by atoms with Crippen molar-refractivity contribution in [1.82, 2.24) is 4.42 Å². The summed E-state index contributed by atoms with van der Waals surface area (Å²) < 4.78 is 20.6. The third-order valence-electron chi connectivity index (χ3n) is 3.80. The van der Waals surface area contributed by atoms with Gasteiger partial charge >= 0.3 is 0 Å². The molecule has 0 N–H and O–H groups in total. The van der Waals surface area contributed by atoms with E-state index in [1.807, 2.05) is 25.2 Å². The van der Waals surface area contributed by atoms with Crippen LogP contribution in [0.1, 0.15) is 17.2 Å². The summed E-state index contributed by atoms with van der Waals surface area (Å²) in [5.41, 5.74) is 4.64. The lowest BCUT2D eigenvalue weighted by molar-refractivity contribution is 0.0334. The molecule has 0 bridgehead atoms. The molecule has 2 nitrogen and oxygen atoms in total. The van der Waals surface area contributed by atoms with Crippen LogP contribution in [0, 0.1) is 5.82 Å². The van der Waals surface area contributed by atoms with Crippen molar-refractivity contribution >= 4 is 11.8 Å². The van der Waals surface area contributed by atoms with Crippen molar-refractivity contribution in [3.05, 3.63) is 59.4 Å². The zero-order valence-corrected chi connectivity index (χ0v) is 12.6. The molecule has 1 aliphatic rings. The Morgan fingerprint density at radius 3 is 2.71 bits per heavy atom. The molecule has 0 amide bonds. The normalized spacial score (nSPS) is 17.8. The Hall–Kier alpha value is -1.42. The maximum atomic E-state index is 13.1. The van der Waals surface area contributed by atoms with Crippen LogP contribution >= 0.6 is 11.8 Å². The zero-order valence-electron chi connectivity index (χ0n) is 11.9. The van der Waals surface area contributed by atoms with Crippen LogP contribution in [-0.2, 0) is 11.2 Å². The van der Waals surface area contributed by atoms with E-state index in [4.69, 9.17) is 16.5 Å². The van der Waals surface area contributed by atoms with Crippen LogP contribution in [0.2, 0.25) is 0 Å². The highest BCUT2D eigenvalue weighted by atomic mass is 35.5. The molecule has 1 atom stereocenters. The topological polar surface area (TPSA) is 12.5 Å². The lowest BCUT2D eigenvalue weighted by atomic mass is 9.89. The van der Waals surface area contributed by atoms with Crippen LogP contribution < -0.4 is 0 Å². The monoisotopic (exact) mass is 305 g/mol. The van der Waals surface area contributed by atoms with E-state index < -0.39 is 0 Å². The van der Waals surface area contributed by atoms with Crippen LogP contribution in [0.25, 0.3) is 11.1 Å². The lowest BCUT2D eigenvalue weighted by Gasteiger charge is -2.29. The number of rotatable bonds is 3. The van der Waals surface area contributed by atoms with E-state index in [0.29, 0.717) is 13.2 Å². The van der Waals surface area contributed by atoms with E-state index in [0.717, 1.165) is 17.5 Å². The molecule has 0 aromatic heterocycles. The number of hydrogen-bond donors (Lipinski definition) is 0. The quantitative estimate of drug-likeness (QED) is 0.788. The number of nitrogens with zero attached hydrogens (tertiary/aromatic N) is 1. The average molecular weight is 306 g/mol. The van der Waals surface area contributed by atoms with Gasteiger partial charge in [0.25, 0.3) is 0 Å². The Morgan fingerprint density at radius 1 is 1.24 bits per heavy atom. The summed E-state index contributed by atoms with van der Waals surface area (Å²) in [5.74, 6) is -0.214. The number of likely N-dealkylation sites (N-methyl/N-ethyl adjacent to an activating group) is 1. The summed E-state index contributed by atoms with van der Waals surface area (Å²) in [5, 5.41) is 0. The third kappa shape index (κ3) is 3.10. The van der Waals surface area contributed by atoms with Crippen molar-refractivity contribution in [2.75, 3.05) is 20.2 Å². The maximum absolute atomic E-state index is 13.1. The molecule has 0 saturated heterocycles. The standard InChI is InChI=1S/C17H17ClFNO/c1-20(18)11-17-16-4-2-3-14(15(16)9-10-21-17)12-5-7-13(19)8-6-12/h2-8,17H,9-11H2,1H3/t17-/m1/s1.